The second-order valence-electron chi connectivity index (χ2n) is 3.40. The maximum absolute atomic E-state index is 10.1. The van der Waals surface area contributed by atoms with Crippen LogP contribution < -0.4 is 11.1 Å². The molecule has 0 amide bonds. The van der Waals surface area contributed by atoms with Crippen LogP contribution in [0.4, 0.5) is 5.69 Å². The molecule has 1 fully saturated rings. The summed E-state index contributed by atoms with van der Waals surface area (Å²) in [4.78, 5) is 4.12. The van der Waals surface area contributed by atoms with Gasteiger partial charge in [-0.25, -0.2) is 0 Å². The Morgan fingerprint density at radius 2 is 2.46 bits per heavy atom. The van der Waals surface area contributed by atoms with Gasteiger partial charge in [0.2, 0.25) is 0 Å². The highest BCUT2D eigenvalue weighted by atomic mass is 16.3. The first-order valence-corrected chi connectivity index (χ1v) is 4.36. The lowest BCUT2D eigenvalue weighted by molar-refractivity contribution is 0.0550. The third-order valence-corrected chi connectivity index (χ3v) is 2.41. The topological polar surface area (TPSA) is 71.2 Å². The van der Waals surface area contributed by atoms with Crippen molar-refractivity contribution in [1.82, 2.24) is 10.3 Å². The van der Waals surface area contributed by atoms with Crippen molar-refractivity contribution < 1.29 is 5.11 Å². The average Bonchev–Trinajstić information content (AvgIpc) is 2.54. The zero-order valence-corrected chi connectivity index (χ0v) is 7.33. The predicted molar refractivity (Wildman–Crippen MR) is 50.0 cm³/mol. The fraction of sp³-hybridized carbons (Fsp3) is 0.444. The van der Waals surface area contributed by atoms with Crippen molar-refractivity contribution in [2.24, 2.45) is 0 Å². The first-order valence-electron chi connectivity index (χ1n) is 4.36. The Bertz CT molecular complexity index is 307. The van der Waals surface area contributed by atoms with Crippen molar-refractivity contribution in [2.75, 3.05) is 18.8 Å². The number of rotatable bonds is 1. The van der Waals surface area contributed by atoms with Gasteiger partial charge < -0.3 is 16.2 Å². The lowest BCUT2D eigenvalue weighted by Gasteiger charge is -2.21. The number of hydrogen-bond donors (Lipinski definition) is 3. The summed E-state index contributed by atoms with van der Waals surface area (Å²) in [5.74, 6) is 0. The molecule has 4 N–H and O–H groups in total. The Kier molecular flexibility index (Phi) is 1.94. The van der Waals surface area contributed by atoms with Crippen molar-refractivity contribution >= 4 is 5.69 Å². The molecule has 0 radical (unpaired) electrons. The third-order valence-electron chi connectivity index (χ3n) is 2.41. The molecule has 1 aromatic rings. The number of nitrogens with two attached hydrogens (primary N) is 1. The van der Waals surface area contributed by atoms with E-state index in [1.807, 2.05) is 0 Å². The smallest absolute Gasteiger partial charge is 0.122 e. The zero-order valence-electron chi connectivity index (χ0n) is 7.33. The van der Waals surface area contributed by atoms with E-state index in [4.69, 9.17) is 5.73 Å². The van der Waals surface area contributed by atoms with Gasteiger partial charge in [-0.1, -0.05) is 0 Å². The molecule has 1 saturated heterocycles. The summed E-state index contributed by atoms with van der Waals surface area (Å²) in [5.41, 5.74) is 6.03. The van der Waals surface area contributed by atoms with Crippen molar-refractivity contribution in [3.8, 4) is 0 Å². The number of nitrogens with zero attached hydrogens (tertiary/aromatic N) is 1. The van der Waals surface area contributed by atoms with Gasteiger partial charge in [0.15, 0.2) is 0 Å². The van der Waals surface area contributed by atoms with Crippen LogP contribution in [0.1, 0.15) is 12.1 Å². The molecular weight excluding hydrogens is 166 g/mol. The van der Waals surface area contributed by atoms with Gasteiger partial charge >= 0.3 is 0 Å². The molecule has 0 aromatic carbocycles. The Morgan fingerprint density at radius 3 is 3.08 bits per heavy atom. The average molecular weight is 179 g/mol. The highest BCUT2D eigenvalue weighted by molar-refractivity contribution is 5.45. The van der Waals surface area contributed by atoms with E-state index in [2.05, 4.69) is 10.3 Å². The molecule has 4 nitrogen and oxygen atoms in total. The van der Waals surface area contributed by atoms with Gasteiger partial charge in [-0.15, -0.1) is 0 Å². The fourth-order valence-electron chi connectivity index (χ4n) is 1.69. The Balaban J connectivity index is 2.39. The van der Waals surface area contributed by atoms with Crippen molar-refractivity contribution in [2.45, 2.75) is 12.0 Å². The van der Waals surface area contributed by atoms with Crippen LogP contribution in [0.15, 0.2) is 18.3 Å². The van der Waals surface area contributed by atoms with Gasteiger partial charge in [-0.3, -0.25) is 4.98 Å². The monoisotopic (exact) mass is 179 g/mol. The summed E-state index contributed by atoms with van der Waals surface area (Å²) < 4.78 is 0. The Hall–Kier alpha value is -1.13. The number of anilines is 1. The second kappa shape index (κ2) is 2.97. The Labute approximate surface area is 76.8 Å². The number of nitrogens with one attached hydrogen (secondary N) is 1. The van der Waals surface area contributed by atoms with Crippen LogP contribution in [0.3, 0.4) is 0 Å². The minimum atomic E-state index is -0.870. The van der Waals surface area contributed by atoms with Gasteiger partial charge in [-0.05, 0) is 25.1 Å². The largest absolute Gasteiger partial charge is 0.397 e. The SMILES string of the molecule is Nc1cccnc1C1(O)CCNC1. The summed E-state index contributed by atoms with van der Waals surface area (Å²) >= 11 is 0. The number of nitrogen functional groups attached to an aromatic ring is 1. The van der Waals surface area contributed by atoms with E-state index in [-0.39, 0.29) is 0 Å². The van der Waals surface area contributed by atoms with Crippen LogP contribution in [-0.2, 0) is 5.60 Å². The first-order chi connectivity index (χ1) is 6.22. The van der Waals surface area contributed by atoms with Crippen LogP contribution in [0.2, 0.25) is 0 Å². The quantitative estimate of drug-likeness (QED) is 0.560. The van der Waals surface area contributed by atoms with E-state index < -0.39 is 5.60 Å². The molecule has 1 aliphatic heterocycles. The van der Waals surface area contributed by atoms with E-state index in [9.17, 15) is 5.11 Å². The lowest BCUT2D eigenvalue weighted by Crippen LogP contribution is -2.30. The molecule has 1 unspecified atom stereocenters. The number of aliphatic hydroxyl groups is 1. The number of pyridine rings is 1. The summed E-state index contributed by atoms with van der Waals surface area (Å²) in [6, 6.07) is 3.53. The predicted octanol–water partition coefficient (Wildman–Crippen LogP) is -0.155. The van der Waals surface area contributed by atoms with Gasteiger partial charge in [0.1, 0.15) is 5.60 Å². The van der Waals surface area contributed by atoms with Crippen molar-refractivity contribution in [3.63, 3.8) is 0 Å². The van der Waals surface area contributed by atoms with E-state index in [1.54, 1.807) is 18.3 Å². The molecule has 2 rings (SSSR count). The summed E-state index contributed by atoms with van der Waals surface area (Å²) in [5, 5.41) is 13.2. The minimum absolute atomic E-state index is 0.536. The van der Waals surface area contributed by atoms with Crippen molar-refractivity contribution in [3.05, 3.63) is 24.0 Å². The van der Waals surface area contributed by atoms with E-state index in [1.165, 1.54) is 0 Å². The first kappa shape index (κ1) is 8.47. The van der Waals surface area contributed by atoms with Gasteiger partial charge in [0.25, 0.3) is 0 Å². The van der Waals surface area contributed by atoms with Crippen LogP contribution in [0.25, 0.3) is 0 Å². The van der Waals surface area contributed by atoms with Crippen molar-refractivity contribution in [1.29, 1.82) is 0 Å². The molecule has 0 spiro atoms. The number of β-amino-alcohol motifs (C(OH)–C–C–N with tert-alkyl or cyclic N) is 1. The fourth-order valence-corrected chi connectivity index (χ4v) is 1.69. The zero-order chi connectivity index (χ0) is 9.31. The highest BCUT2D eigenvalue weighted by Gasteiger charge is 2.35. The van der Waals surface area contributed by atoms with E-state index in [0.717, 1.165) is 6.54 Å². The number of aromatic nitrogens is 1. The van der Waals surface area contributed by atoms with E-state index >= 15 is 0 Å². The van der Waals surface area contributed by atoms with Crippen LogP contribution in [0, 0.1) is 0 Å². The van der Waals surface area contributed by atoms with Gasteiger partial charge in [-0.2, -0.15) is 0 Å². The van der Waals surface area contributed by atoms with Crippen LogP contribution in [-0.4, -0.2) is 23.2 Å². The molecule has 1 aliphatic rings. The molecule has 4 heteroatoms. The minimum Gasteiger partial charge on any atom is -0.397 e. The standard InChI is InChI=1S/C9H13N3O/c10-7-2-1-4-12-8(7)9(13)3-5-11-6-9/h1-2,4,11,13H,3,5-6,10H2. The van der Waals surface area contributed by atoms with E-state index in [0.29, 0.717) is 24.3 Å². The van der Waals surface area contributed by atoms with Gasteiger partial charge in [0, 0.05) is 12.7 Å². The maximum atomic E-state index is 10.1. The summed E-state index contributed by atoms with van der Waals surface area (Å²) in [6.45, 7) is 1.35. The number of hydrogen-bond acceptors (Lipinski definition) is 4. The van der Waals surface area contributed by atoms with Crippen LogP contribution >= 0.6 is 0 Å². The molecule has 13 heavy (non-hydrogen) atoms. The normalized spacial score (nSPS) is 27.8. The van der Waals surface area contributed by atoms with Crippen LogP contribution in [0.5, 0.6) is 0 Å². The molecule has 0 saturated carbocycles. The molecule has 2 heterocycles. The van der Waals surface area contributed by atoms with Gasteiger partial charge in [0.05, 0.1) is 11.4 Å². The molecule has 70 valence electrons. The molecule has 0 bridgehead atoms. The summed E-state index contributed by atoms with van der Waals surface area (Å²) in [6.07, 6.45) is 2.33. The third kappa shape index (κ3) is 1.38. The molecule has 0 aliphatic carbocycles. The summed E-state index contributed by atoms with van der Waals surface area (Å²) in [7, 11) is 0. The molecule has 1 atom stereocenters. The highest BCUT2D eigenvalue weighted by Crippen LogP contribution is 2.29. The Morgan fingerprint density at radius 1 is 1.62 bits per heavy atom. The maximum Gasteiger partial charge on any atom is 0.122 e. The lowest BCUT2D eigenvalue weighted by atomic mass is 9.97. The second-order valence-corrected chi connectivity index (χ2v) is 3.40. The molecular formula is C9H13N3O. The molecule has 1 aromatic heterocycles.